The SMILES string of the molecule is COc1cc(C(NN)C2CCOC2)ncn1. The number of hydrogen-bond acceptors (Lipinski definition) is 6. The Morgan fingerprint density at radius 1 is 1.62 bits per heavy atom. The van der Waals surface area contributed by atoms with Crippen LogP contribution in [0.25, 0.3) is 0 Å². The molecule has 0 amide bonds. The third-order valence-corrected chi connectivity index (χ3v) is 2.81. The van der Waals surface area contributed by atoms with E-state index in [1.54, 1.807) is 13.2 Å². The van der Waals surface area contributed by atoms with E-state index in [-0.39, 0.29) is 6.04 Å². The van der Waals surface area contributed by atoms with Crippen molar-refractivity contribution in [3.05, 3.63) is 18.1 Å². The summed E-state index contributed by atoms with van der Waals surface area (Å²) in [4.78, 5) is 8.18. The minimum Gasteiger partial charge on any atom is -0.481 e. The Kier molecular flexibility index (Phi) is 3.66. The van der Waals surface area contributed by atoms with Gasteiger partial charge in [-0.25, -0.2) is 9.97 Å². The van der Waals surface area contributed by atoms with Crippen LogP contribution in [0.2, 0.25) is 0 Å². The van der Waals surface area contributed by atoms with Crippen LogP contribution in [0.5, 0.6) is 5.88 Å². The molecule has 2 unspecified atom stereocenters. The molecule has 0 aromatic carbocycles. The molecule has 0 saturated carbocycles. The molecular weight excluding hydrogens is 208 g/mol. The number of rotatable bonds is 4. The molecule has 0 aliphatic carbocycles. The van der Waals surface area contributed by atoms with Crippen LogP contribution in [0.1, 0.15) is 18.2 Å². The predicted octanol–water partition coefficient (Wildman–Crippen LogP) is 0.0261. The second-order valence-corrected chi connectivity index (χ2v) is 3.75. The van der Waals surface area contributed by atoms with Crippen LogP contribution in [-0.4, -0.2) is 30.3 Å². The Morgan fingerprint density at radius 2 is 2.50 bits per heavy atom. The van der Waals surface area contributed by atoms with E-state index in [9.17, 15) is 0 Å². The van der Waals surface area contributed by atoms with Gasteiger partial charge in [-0.05, 0) is 6.42 Å². The van der Waals surface area contributed by atoms with Gasteiger partial charge in [0.05, 0.1) is 25.5 Å². The number of nitrogens with one attached hydrogen (secondary N) is 1. The van der Waals surface area contributed by atoms with E-state index in [1.165, 1.54) is 6.33 Å². The van der Waals surface area contributed by atoms with Gasteiger partial charge < -0.3 is 9.47 Å². The molecule has 1 aliphatic rings. The van der Waals surface area contributed by atoms with Crippen molar-refractivity contribution in [1.29, 1.82) is 0 Å². The molecule has 0 spiro atoms. The highest BCUT2D eigenvalue weighted by molar-refractivity contribution is 5.17. The number of hydrogen-bond donors (Lipinski definition) is 2. The summed E-state index contributed by atoms with van der Waals surface area (Å²) >= 11 is 0. The molecule has 1 aromatic rings. The molecule has 3 N–H and O–H groups in total. The van der Waals surface area contributed by atoms with Gasteiger partial charge in [-0.2, -0.15) is 0 Å². The van der Waals surface area contributed by atoms with Crippen molar-refractivity contribution in [1.82, 2.24) is 15.4 Å². The first-order chi connectivity index (χ1) is 7.85. The topological polar surface area (TPSA) is 82.3 Å². The minimum absolute atomic E-state index is 0.0144. The molecule has 6 heteroatoms. The summed E-state index contributed by atoms with van der Waals surface area (Å²) in [5, 5.41) is 0. The van der Waals surface area contributed by atoms with Crippen LogP contribution in [0.15, 0.2) is 12.4 Å². The van der Waals surface area contributed by atoms with Gasteiger partial charge >= 0.3 is 0 Å². The molecule has 1 saturated heterocycles. The highest BCUT2D eigenvalue weighted by Crippen LogP contribution is 2.27. The normalized spacial score (nSPS) is 22.0. The quantitative estimate of drug-likeness (QED) is 0.554. The van der Waals surface area contributed by atoms with E-state index >= 15 is 0 Å². The van der Waals surface area contributed by atoms with Crippen molar-refractivity contribution < 1.29 is 9.47 Å². The summed E-state index contributed by atoms with van der Waals surface area (Å²) < 4.78 is 10.4. The lowest BCUT2D eigenvalue weighted by Gasteiger charge is -2.20. The van der Waals surface area contributed by atoms with E-state index < -0.39 is 0 Å². The molecule has 2 rings (SSSR count). The maximum atomic E-state index is 5.57. The maximum Gasteiger partial charge on any atom is 0.216 e. The molecule has 16 heavy (non-hydrogen) atoms. The van der Waals surface area contributed by atoms with Gasteiger partial charge in [-0.15, -0.1) is 0 Å². The molecule has 0 bridgehead atoms. The Morgan fingerprint density at radius 3 is 3.12 bits per heavy atom. The monoisotopic (exact) mass is 224 g/mol. The fourth-order valence-electron chi connectivity index (χ4n) is 1.91. The van der Waals surface area contributed by atoms with E-state index in [0.29, 0.717) is 18.4 Å². The first kappa shape index (κ1) is 11.3. The maximum absolute atomic E-state index is 5.57. The van der Waals surface area contributed by atoms with Crippen molar-refractivity contribution in [3.63, 3.8) is 0 Å². The molecule has 1 aliphatic heterocycles. The molecule has 2 atom stereocenters. The lowest BCUT2D eigenvalue weighted by molar-refractivity contribution is 0.176. The van der Waals surface area contributed by atoms with E-state index in [4.69, 9.17) is 15.3 Å². The summed E-state index contributed by atoms with van der Waals surface area (Å²) in [7, 11) is 1.58. The van der Waals surface area contributed by atoms with Gasteiger partial charge in [0.1, 0.15) is 6.33 Å². The van der Waals surface area contributed by atoms with Crippen molar-refractivity contribution in [2.24, 2.45) is 11.8 Å². The third-order valence-electron chi connectivity index (χ3n) is 2.81. The highest BCUT2D eigenvalue weighted by Gasteiger charge is 2.27. The number of methoxy groups -OCH3 is 1. The number of nitrogens with two attached hydrogens (primary N) is 1. The van der Waals surface area contributed by atoms with Gasteiger partial charge in [0, 0.05) is 18.6 Å². The van der Waals surface area contributed by atoms with Gasteiger partial charge in [-0.3, -0.25) is 11.3 Å². The van der Waals surface area contributed by atoms with Crippen molar-refractivity contribution >= 4 is 0 Å². The third kappa shape index (κ3) is 2.29. The van der Waals surface area contributed by atoms with Crippen LogP contribution in [0.4, 0.5) is 0 Å². The summed E-state index contributed by atoms with van der Waals surface area (Å²) in [6.45, 7) is 1.49. The molecular formula is C10H16N4O2. The van der Waals surface area contributed by atoms with Crippen LogP contribution in [-0.2, 0) is 4.74 Å². The van der Waals surface area contributed by atoms with Crippen molar-refractivity contribution in [2.45, 2.75) is 12.5 Å². The fraction of sp³-hybridized carbons (Fsp3) is 0.600. The van der Waals surface area contributed by atoms with E-state index in [1.807, 2.05) is 0 Å². The Hall–Kier alpha value is -1.24. The predicted molar refractivity (Wildman–Crippen MR) is 57.6 cm³/mol. The van der Waals surface area contributed by atoms with Crippen LogP contribution < -0.4 is 16.0 Å². The van der Waals surface area contributed by atoms with Crippen LogP contribution >= 0.6 is 0 Å². The van der Waals surface area contributed by atoms with Crippen LogP contribution in [0, 0.1) is 5.92 Å². The minimum atomic E-state index is -0.0144. The number of aromatic nitrogens is 2. The van der Waals surface area contributed by atoms with Gasteiger partial charge in [0.25, 0.3) is 0 Å². The Labute approximate surface area is 94.1 Å². The second kappa shape index (κ2) is 5.20. The average Bonchev–Trinajstić information content (AvgIpc) is 2.84. The highest BCUT2D eigenvalue weighted by atomic mass is 16.5. The van der Waals surface area contributed by atoms with Gasteiger partial charge in [-0.1, -0.05) is 0 Å². The lowest BCUT2D eigenvalue weighted by atomic mass is 9.96. The largest absolute Gasteiger partial charge is 0.481 e. The summed E-state index contributed by atoms with van der Waals surface area (Å²) in [6.07, 6.45) is 2.47. The first-order valence-corrected chi connectivity index (χ1v) is 5.25. The number of nitrogens with zero attached hydrogens (tertiary/aromatic N) is 2. The Balaban J connectivity index is 2.18. The van der Waals surface area contributed by atoms with Crippen LogP contribution in [0.3, 0.4) is 0 Å². The Bertz CT molecular complexity index is 341. The van der Waals surface area contributed by atoms with E-state index in [0.717, 1.165) is 18.7 Å². The summed E-state index contributed by atoms with van der Waals surface area (Å²) in [6, 6.07) is 1.78. The average molecular weight is 224 g/mol. The standard InChI is InChI=1S/C10H16N4O2/c1-15-9-4-8(12-6-13-9)10(14-11)7-2-3-16-5-7/h4,6-7,10,14H,2-3,5,11H2,1H3. The zero-order valence-corrected chi connectivity index (χ0v) is 9.22. The number of ether oxygens (including phenoxy) is 2. The zero-order chi connectivity index (χ0) is 11.4. The zero-order valence-electron chi connectivity index (χ0n) is 9.22. The van der Waals surface area contributed by atoms with Crippen molar-refractivity contribution in [2.75, 3.05) is 20.3 Å². The molecule has 0 radical (unpaired) electrons. The van der Waals surface area contributed by atoms with Gasteiger partial charge in [0.2, 0.25) is 5.88 Å². The second-order valence-electron chi connectivity index (χ2n) is 3.75. The summed E-state index contributed by atoms with van der Waals surface area (Å²) in [5.74, 6) is 6.47. The molecule has 1 aromatic heterocycles. The van der Waals surface area contributed by atoms with E-state index in [2.05, 4.69) is 15.4 Å². The lowest BCUT2D eigenvalue weighted by Crippen LogP contribution is -2.34. The van der Waals surface area contributed by atoms with Gasteiger partial charge in [0.15, 0.2) is 0 Å². The summed E-state index contributed by atoms with van der Waals surface area (Å²) in [5.41, 5.74) is 3.62. The fourth-order valence-corrected chi connectivity index (χ4v) is 1.91. The number of hydrazine groups is 1. The first-order valence-electron chi connectivity index (χ1n) is 5.25. The molecule has 88 valence electrons. The molecule has 1 fully saturated rings. The smallest absolute Gasteiger partial charge is 0.216 e. The van der Waals surface area contributed by atoms with Crippen molar-refractivity contribution in [3.8, 4) is 5.88 Å². The molecule has 6 nitrogen and oxygen atoms in total. The molecule has 2 heterocycles.